The zero-order chi connectivity index (χ0) is 21.8. The molecule has 0 spiro atoms. The van der Waals surface area contributed by atoms with Gasteiger partial charge in [0.2, 0.25) is 0 Å². The summed E-state index contributed by atoms with van der Waals surface area (Å²) in [5.74, 6) is -0.114. The molecule has 0 radical (unpaired) electrons. The highest BCUT2D eigenvalue weighted by Gasteiger charge is 2.37. The first-order chi connectivity index (χ1) is 14.9. The van der Waals surface area contributed by atoms with Gasteiger partial charge in [-0.3, -0.25) is 4.98 Å². The molecule has 0 aliphatic carbocycles. The predicted molar refractivity (Wildman–Crippen MR) is 121 cm³/mol. The van der Waals surface area contributed by atoms with E-state index in [1.54, 1.807) is 0 Å². The van der Waals surface area contributed by atoms with E-state index in [1.807, 2.05) is 54.7 Å². The van der Waals surface area contributed by atoms with Crippen molar-refractivity contribution < 1.29 is 14.6 Å². The molecule has 31 heavy (non-hydrogen) atoms. The lowest BCUT2D eigenvalue weighted by Crippen LogP contribution is -2.50. The van der Waals surface area contributed by atoms with Crippen LogP contribution in [0.15, 0.2) is 66.9 Å². The molecule has 1 atom stereocenters. The van der Waals surface area contributed by atoms with Gasteiger partial charge in [-0.25, -0.2) is 9.78 Å². The van der Waals surface area contributed by atoms with Gasteiger partial charge in [-0.15, -0.1) is 0 Å². The Morgan fingerprint density at radius 3 is 2.26 bits per heavy atom. The molecule has 2 aromatic carbocycles. The molecule has 4 rings (SSSR count). The Hall–Kier alpha value is -3.25. The molecule has 1 aliphatic rings. The van der Waals surface area contributed by atoms with Crippen LogP contribution >= 0.6 is 0 Å². The van der Waals surface area contributed by atoms with Crippen LogP contribution in [0.2, 0.25) is 0 Å². The number of piperidine rings is 1. The van der Waals surface area contributed by atoms with Crippen LogP contribution in [0.4, 0.5) is 5.82 Å². The van der Waals surface area contributed by atoms with E-state index < -0.39 is 5.97 Å². The highest BCUT2D eigenvalue weighted by atomic mass is 16.5. The van der Waals surface area contributed by atoms with Crippen molar-refractivity contribution in [2.24, 2.45) is 5.41 Å². The Morgan fingerprint density at radius 1 is 1.06 bits per heavy atom. The topological polar surface area (TPSA) is 75.5 Å². The SMILES string of the molecule is CC1(C)CN(c2cnc(-c3ccccc3)c(-c3ccccc3)n2)CCC1OCC(=O)O. The van der Waals surface area contributed by atoms with E-state index in [9.17, 15) is 4.79 Å². The van der Waals surface area contributed by atoms with Crippen LogP contribution in [-0.2, 0) is 9.53 Å². The van der Waals surface area contributed by atoms with Crippen LogP contribution in [0, 0.1) is 5.41 Å². The third-order valence-corrected chi connectivity index (χ3v) is 5.72. The van der Waals surface area contributed by atoms with Crippen molar-refractivity contribution in [3.63, 3.8) is 0 Å². The van der Waals surface area contributed by atoms with Gasteiger partial charge in [-0.05, 0) is 6.42 Å². The molecular formula is C25H27N3O3. The maximum Gasteiger partial charge on any atom is 0.329 e. The second-order valence-electron chi connectivity index (χ2n) is 8.55. The molecule has 0 amide bonds. The Labute approximate surface area is 182 Å². The Kier molecular flexibility index (Phi) is 6.00. The lowest BCUT2D eigenvalue weighted by molar-refractivity contribution is -0.147. The number of ether oxygens (including phenoxy) is 1. The van der Waals surface area contributed by atoms with Gasteiger partial charge in [-0.1, -0.05) is 74.5 Å². The molecule has 1 fully saturated rings. The Bertz CT molecular complexity index is 1040. The van der Waals surface area contributed by atoms with Crippen LogP contribution in [0.3, 0.4) is 0 Å². The summed E-state index contributed by atoms with van der Waals surface area (Å²) in [5.41, 5.74) is 3.55. The van der Waals surface area contributed by atoms with Gasteiger partial charge in [0.05, 0.1) is 23.7 Å². The Balaban J connectivity index is 1.65. The summed E-state index contributed by atoms with van der Waals surface area (Å²) >= 11 is 0. The van der Waals surface area contributed by atoms with Crippen molar-refractivity contribution in [2.75, 3.05) is 24.6 Å². The fourth-order valence-electron chi connectivity index (χ4n) is 4.15. The fourth-order valence-corrected chi connectivity index (χ4v) is 4.15. The smallest absolute Gasteiger partial charge is 0.329 e. The minimum Gasteiger partial charge on any atom is -0.480 e. The van der Waals surface area contributed by atoms with Gasteiger partial charge >= 0.3 is 5.97 Å². The van der Waals surface area contributed by atoms with Crippen LogP contribution in [0.1, 0.15) is 20.3 Å². The zero-order valence-corrected chi connectivity index (χ0v) is 17.9. The van der Waals surface area contributed by atoms with Gasteiger partial charge in [0.1, 0.15) is 12.4 Å². The van der Waals surface area contributed by atoms with Gasteiger partial charge in [0.15, 0.2) is 0 Å². The maximum absolute atomic E-state index is 10.9. The fraction of sp³-hybridized carbons (Fsp3) is 0.320. The number of carbonyl (C=O) groups is 1. The van der Waals surface area contributed by atoms with Crippen LogP contribution in [0.25, 0.3) is 22.5 Å². The number of anilines is 1. The lowest BCUT2D eigenvalue weighted by atomic mass is 9.81. The molecule has 1 N–H and O–H groups in total. The van der Waals surface area contributed by atoms with Crippen molar-refractivity contribution in [1.29, 1.82) is 0 Å². The summed E-state index contributed by atoms with van der Waals surface area (Å²) in [4.78, 5) is 23.0. The molecule has 1 aliphatic heterocycles. The van der Waals surface area contributed by atoms with Crippen molar-refractivity contribution in [3.8, 4) is 22.5 Å². The minimum atomic E-state index is -0.937. The van der Waals surface area contributed by atoms with E-state index >= 15 is 0 Å². The number of carboxylic acids is 1. The van der Waals surface area contributed by atoms with Crippen LogP contribution in [-0.4, -0.2) is 46.8 Å². The molecule has 1 unspecified atom stereocenters. The first-order valence-electron chi connectivity index (χ1n) is 10.5. The van der Waals surface area contributed by atoms with Crippen molar-refractivity contribution in [3.05, 3.63) is 66.9 Å². The number of hydrogen-bond donors (Lipinski definition) is 1. The van der Waals surface area contributed by atoms with E-state index in [2.05, 4.69) is 30.9 Å². The van der Waals surface area contributed by atoms with Crippen LogP contribution < -0.4 is 4.90 Å². The summed E-state index contributed by atoms with van der Waals surface area (Å²) in [7, 11) is 0. The number of carboxylic acid groups (broad SMARTS) is 1. The molecule has 3 aromatic rings. The second kappa shape index (κ2) is 8.86. The maximum atomic E-state index is 10.9. The summed E-state index contributed by atoms with van der Waals surface area (Å²) in [6, 6.07) is 20.2. The molecule has 1 aromatic heterocycles. The largest absolute Gasteiger partial charge is 0.480 e. The number of benzene rings is 2. The zero-order valence-electron chi connectivity index (χ0n) is 17.9. The average Bonchev–Trinajstić information content (AvgIpc) is 2.78. The predicted octanol–water partition coefficient (Wildman–Crippen LogP) is 4.52. The summed E-state index contributed by atoms with van der Waals surface area (Å²) < 4.78 is 5.65. The first-order valence-corrected chi connectivity index (χ1v) is 10.5. The number of nitrogens with zero attached hydrogens (tertiary/aromatic N) is 3. The molecule has 1 saturated heterocycles. The number of rotatable bonds is 6. The third-order valence-electron chi connectivity index (χ3n) is 5.72. The minimum absolute atomic E-state index is 0.106. The molecule has 160 valence electrons. The van der Waals surface area contributed by atoms with E-state index in [4.69, 9.17) is 19.8 Å². The van der Waals surface area contributed by atoms with E-state index in [0.717, 1.165) is 41.3 Å². The summed E-state index contributed by atoms with van der Waals surface area (Å²) in [6.45, 7) is 5.40. The average molecular weight is 418 g/mol. The first kappa shape index (κ1) is 21.0. The van der Waals surface area contributed by atoms with Crippen molar-refractivity contribution >= 4 is 11.8 Å². The monoisotopic (exact) mass is 417 g/mol. The number of hydrogen-bond acceptors (Lipinski definition) is 5. The second-order valence-corrected chi connectivity index (χ2v) is 8.55. The van der Waals surface area contributed by atoms with E-state index in [-0.39, 0.29) is 18.1 Å². The Morgan fingerprint density at radius 2 is 1.68 bits per heavy atom. The van der Waals surface area contributed by atoms with Crippen LogP contribution in [0.5, 0.6) is 0 Å². The van der Waals surface area contributed by atoms with E-state index in [1.165, 1.54) is 0 Å². The van der Waals surface area contributed by atoms with Crippen molar-refractivity contribution in [2.45, 2.75) is 26.4 Å². The number of aliphatic carboxylic acids is 1. The summed E-state index contributed by atoms with van der Waals surface area (Å²) in [5, 5.41) is 8.95. The van der Waals surface area contributed by atoms with Crippen molar-refractivity contribution in [1.82, 2.24) is 9.97 Å². The van der Waals surface area contributed by atoms with Gasteiger partial charge in [-0.2, -0.15) is 0 Å². The van der Waals surface area contributed by atoms with Gasteiger partial charge < -0.3 is 14.7 Å². The molecule has 0 bridgehead atoms. The standard InChI is InChI=1S/C25H27N3O3/c1-25(2)17-28(14-13-20(25)31-16-22(29)30)21-15-26-23(18-9-5-3-6-10-18)24(27-21)19-11-7-4-8-12-19/h3-12,15,20H,13-14,16-17H2,1-2H3,(H,29,30). The molecular weight excluding hydrogens is 390 g/mol. The van der Waals surface area contributed by atoms with E-state index in [0.29, 0.717) is 6.54 Å². The molecule has 0 saturated carbocycles. The summed E-state index contributed by atoms with van der Waals surface area (Å²) in [6.07, 6.45) is 2.47. The lowest BCUT2D eigenvalue weighted by Gasteiger charge is -2.44. The van der Waals surface area contributed by atoms with Gasteiger partial charge in [0.25, 0.3) is 0 Å². The highest BCUT2D eigenvalue weighted by Crippen LogP contribution is 2.35. The van der Waals surface area contributed by atoms with Gasteiger partial charge in [0, 0.05) is 29.6 Å². The quantitative estimate of drug-likeness (QED) is 0.636. The normalized spacial score (nSPS) is 18.0. The molecule has 6 heteroatoms. The molecule has 2 heterocycles. The third kappa shape index (κ3) is 4.75. The molecule has 6 nitrogen and oxygen atoms in total. The number of aromatic nitrogens is 2. The highest BCUT2D eigenvalue weighted by molar-refractivity contribution is 5.78.